The lowest BCUT2D eigenvalue weighted by Gasteiger charge is -2.25. The molecule has 1 aliphatic heterocycles. The molecule has 1 N–H and O–H groups in total. The fourth-order valence-electron chi connectivity index (χ4n) is 2.46. The highest BCUT2D eigenvalue weighted by Crippen LogP contribution is 2.35. The van der Waals surface area contributed by atoms with E-state index in [1.165, 1.54) is 0 Å². The Labute approximate surface area is 114 Å². The van der Waals surface area contributed by atoms with Gasteiger partial charge < -0.3 is 14.3 Å². The Kier molecular flexibility index (Phi) is 3.41. The van der Waals surface area contributed by atoms with Crippen LogP contribution in [0.2, 0.25) is 0 Å². The molecule has 2 heterocycles. The van der Waals surface area contributed by atoms with Crippen LogP contribution >= 0.6 is 15.9 Å². The predicted molar refractivity (Wildman–Crippen MR) is 72.4 cm³/mol. The monoisotopic (exact) mass is 310 g/mol. The van der Waals surface area contributed by atoms with Crippen molar-refractivity contribution >= 4 is 26.9 Å². The van der Waals surface area contributed by atoms with Gasteiger partial charge >= 0.3 is 0 Å². The number of aliphatic hydroxyl groups is 1. The lowest BCUT2D eigenvalue weighted by molar-refractivity contribution is -0.000497. The average molecular weight is 311 g/mol. The largest absolute Gasteiger partial charge is 0.457 e. The second-order valence-electron chi connectivity index (χ2n) is 4.70. The van der Waals surface area contributed by atoms with Crippen LogP contribution < -0.4 is 0 Å². The van der Waals surface area contributed by atoms with E-state index >= 15 is 0 Å². The van der Waals surface area contributed by atoms with Crippen LogP contribution in [0.25, 0.3) is 11.0 Å². The summed E-state index contributed by atoms with van der Waals surface area (Å²) in [6, 6.07) is 7.83. The Hall–Kier alpha value is -0.840. The van der Waals surface area contributed by atoms with Crippen molar-refractivity contribution in [2.24, 2.45) is 5.92 Å². The molecule has 1 aromatic heterocycles. The third kappa shape index (κ3) is 2.20. The highest BCUT2D eigenvalue weighted by molar-refractivity contribution is 9.10. The van der Waals surface area contributed by atoms with Crippen LogP contribution in [-0.4, -0.2) is 18.3 Å². The molecule has 0 radical (unpaired) electrons. The summed E-state index contributed by atoms with van der Waals surface area (Å²) in [7, 11) is 0. The van der Waals surface area contributed by atoms with Crippen LogP contribution in [0.1, 0.15) is 24.7 Å². The zero-order chi connectivity index (χ0) is 12.5. The fourth-order valence-corrected chi connectivity index (χ4v) is 2.92. The molecule has 0 amide bonds. The number of furan rings is 1. The van der Waals surface area contributed by atoms with E-state index in [1.807, 2.05) is 24.3 Å². The fraction of sp³-hybridized carbons (Fsp3) is 0.429. The number of halogens is 1. The first kappa shape index (κ1) is 12.2. The summed E-state index contributed by atoms with van der Waals surface area (Å²) in [5.41, 5.74) is 0.804. The summed E-state index contributed by atoms with van der Waals surface area (Å²) in [5, 5.41) is 11.4. The second kappa shape index (κ2) is 5.03. The third-order valence-electron chi connectivity index (χ3n) is 3.52. The number of hydrogen-bond acceptors (Lipinski definition) is 3. The van der Waals surface area contributed by atoms with Crippen molar-refractivity contribution in [2.75, 3.05) is 13.2 Å². The van der Waals surface area contributed by atoms with Gasteiger partial charge in [-0.15, -0.1) is 0 Å². The van der Waals surface area contributed by atoms with E-state index in [0.29, 0.717) is 5.76 Å². The van der Waals surface area contributed by atoms with Crippen molar-refractivity contribution < 1.29 is 14.3 Å². The lowest BCUT2D eigenvalue weighted by atomic mass is 9.92. The summed E-state index contributed by atoms with van der Waals surface area (Å²) in [6.45, 7) is 1.46. The topological polar surface area (TPSA) is 42.6 Å². The molecule has 0 saturated carbocycles. The van der Waals surface area contributed by atoms with Crippen molar-refractivity contribution in [2.45, 2.75) is 18.9 Å². The van der Waals surface area contributed by atoms with Gasteiger partial charge in [-0.2, -0.15) is 0 Å². The van der Waals surface area contributed by atoms with Crippen molar-refractivity contribution in [3.63, 3.8) is 0 Å². The van der Waals surface area contributed by atoms with Crippen molar-refractivity contribution in [3.05, 3.63) is 34.5 Å². The highest BCUT2D eigenvalue weighted by Gasteiger charge is 2.26. The summed E-state index contributed by atoms with van der Waals surface area (Å²) >= 11 is 3.46. The standard InChI is InChI=1S/C14H15BrO3/c15-11-3-1-2-10-8-12(18-14(10)11)13(16)9-4-6-17-7-5-9/h1-3,8-9,13,16H,4-7H2. The number of rotatable bonds is 2. The Balaban J connectivity index is 1.91. The predicted octanol–water partition coefficient (Wildman–Crippen LogP) is 3.66. The van der Waals surface area contributed by atoms with Crippen LogP contribution in [0.5, 0.6) is 0 Å². The Morgan fingerprint density at radius 3 is 2.78 bits per heavy atom. The molecule has 2 aromatic rings. The molecule has 0 aliphatic carbocycles. The molecule has 3 nitrogen and oxygen atoms in total. The first-order valence-electron chi connectivity index (χ1n) is 6.19. The number of para-hydroxylation sites is 1. The molecule has 0 spiro atoms. The number of aliphatic hydroxyl groups excluding tert-OH is 1. The molecule has 1 saturated heterocycles. The average Bonchev–Trinajstić information content (AvgIpc) is 2.84. The smallest absolute Gasteiger partial charge is 0.148 e. The number of fused-ring (bicyclic) bond motifs is 1. The Bertz CT molecular complexity index is 543. The summed E-state index contributed by atoms with van der Waals surface area (Å²) in [5.74, 6) is 0.891. The number of benzene rings is 1. The van der Waals surface area contributed by atoms with Gasteiger partial charge in [-0.25, -0.2) is 0 Å². The van der Waals surface area contributed by atoms with E-state index in [9.17, 15) is 5.11 Å². The summed E-state index contributed by atoms with van der Waals surface area (Å²) in [4.78, 5) is 0. The van der Waals surface area contributed by atoms with Crippen LogP contribution in [0.3, 0.4) is 0 Å². The SMILES string of the molecule is OC(c1cc2cccc(Br)c2o1)C1CCOCC1. The third-order valence-corrected chi connectivity index (χ3v) is 4.14. The summed E-state index contributed by atoms with van der Waals surface area (Å²) < 4.78 is 12.0. The van der Waals surface area contributed by atoms with E-state index in [2.05, 4.69) is 15.9 Å². The van der Waals surface area contributed by atoms with Gasteiger partial charge in [-0.3, -0.25) is 0 Å². The lowest BCUT2D eigenvalue weighted by Crippen LogP contribution is -2.21. The minimum Gasteiger partial charge on any atom is -0.457 e. The van der Waals surface area contributed by atoms with Crippen molar-refractivity contribution in [1.29, 1.82) is 0 Å². The first-order chi connectivity index (χ1) is 8.75. The van der Waals surface area contributed by atoms with Gasteiger partial charge in [0.2, 0.25) is 0 Å². The first-order valence-corrected chi connectivity index (χ1v) is 6.99. The summed E-state index contributed by atoms with van der Waals surface area (Å²) in [6.07, 6.45) is 1.24. The normalized spacial score (nSPS) is 19.2. The second-order valence-corrected chi connectivity index (χ2v) is 5.56. The molecule has 0 bridgehead atoms. The molecule has 1 aliphatic rings. The minimum absolute atomic E-state index is 0.234. The van der Waals surface area contributed by atoms with Gasteiger partial charge in [0.05, 0.1) is 4.47 Å². The molecular formula is C14H15BrO3. The van der Waals surface area contributed by atoms with E-state index in [4.69, 9.17) is 9.15 Å². The van der Waals surface area contributed by atoms with Crippen LogP contribution in [0.4, 0.5) is 0 Å². The van der Waals surface area contributed by atoms with Gasteiger partial charge in [0.15, 0.2) is 0 Å². The maximum atomic E-state index is 10.4. The molecule has 1 fully saturated rings. The van der Waals surface area contributed by atoms with Crippen LogP contribution in [0.15, 0.2) is 33.2 Å². The minimum atomic E-state index is -0.534. The van der Waals surface area contributed by atoms with Crippen LogP contribution in [-0.2, 0) is 4.74 Å². The van der Waals surface area contributed by atoms with E-state index < -0.39 is 6.10 Å². The Morgan fingerprint density at radius 2 is 2.06 bits per heavy atom. The quantitative estimate of drug-likeness (QED) is 0.920. The maximum Gasteiger partial charge on any atom is 0.148 e. The molecule has 1 unspecified atom stereocenters. The Morgan fingerprint density at radius 1 is 1.28 bits per heavy atom. The molecule has 3 rings (SSSR count). The molecular weight excluding hydrogens is 296 g/mol. The molecule has 1 aromatic carbocycles. The van der Waals surface area contributed by atoms with E-state index in [1.54, 1.807) is 0 Å². The van der Waals surface area contributed by atoms with E-state index in [-0.39, 0.29) is 5.92 Å². The van der Waals surface area contributed by atoms with Gasteiger partial charge in [-0.1, -0.05) is 12.1 Å². The number of hydrogen-bond donors (Lipinski definition) is 1. The molecule has 1 atom stereocenters. The number of ether oxygens (including phenoxy) is 1. The van der Waals surface area contributed by atoms with Crippen molar-refractivity contribution in [1.82, 2.24) is 0 Å². The van der Waals surface area contributed by atoms with Gasteiger partial charge in [0.1, 0.15) is 17.4 Å². The maximum absolute atomic E-state index is 10.4. The van der Waals surface area contributed by atoms with E-state index in [0.717, 1.165) is 41.5 Å². The van der Waals surface area contributed by atoms with Crippen LogP contribution in [0, 0.1) is 5.92 Å². The zero-order valence-corrected chi connectivity index (χ0v) is 11.5. The zero-order valence-electron chi connectivity index (χ0n) is 9.93. The van der Waals surface area contributed by atoms with Gasteiger partial charge in [-0.05, 0) is 46.8 Å². The molecule has 18 heavy (non-hydrogen) atoms. The van der Waals surface area contributed by atoms with Gasteiger partial charge in [0, 0.05) is 18.6 Å². The highest BCUT2D eigenvalue weighted by atomic mass is 79.9. The van der Waals surface area contributed by atoms with Crippen molar-refractivity contribution in [3.8, 4) is 0 Å². The molecule has 4 heteroatoms. The van der Waals surface area contributed by atoms with Gasteiger partial charge in [0.25, 0.3) is 0 Å². The molecule has 96 valence electrons.